The molecule has 0 aromatic carbocycles. The molecule has 0 N–H and O–H groups in total. The van der Waals surface area contributed by atoms with Crippen molar-refractivity contribution in [3.63, 3.8) is 0 Å². The first-order valence-corrected chi connectivity index (χ1v) is 7.69. The Morgan fingerprint density at radius 3 is 2.70 bits per heavy atom. The second-order valence-electron chi connectivity index (χ2n) is 4.76. The number of ketones is 1. The molecule has 4 nitrogen and oxygen atoms in total. The minimum absolute atomic E-state index is 0.172. The van der Waals surface area contributed by atoms with E-state index in [9.17, 15) is 4.79 Å². The number of aromatic nitrogens is 2. The Labute approximate surface area is 131 Å². The summed E-state index contributed by atoms with van der Waals surface area (Å²) in [5, 5.41) is 6.89. The molecule has 0 spiro atoms. The fraction of sp³-hybridized carbons (Fsp3) is 0.385. The van der Waals surface area contributed by atoms with Gasteiger partial charge in [-0.05, 0) is 32.0 Å². The number of likely N-dealkylation sites (N-methyl/N-ethyl adjacent to an activating group) is 1. The number of halogens is 2. The van der Waals surface area contributed by atoms with Crippen molar-refractivity contribution in [2.75, 3.05) is 20.6 Å². The highest BCUT2D eigenvalue weighted by atomic mass is 35.5. The third-order valence-corrected chi connectivity index (χ3v) is 4.85. The monoisotopic (exact) mass is 331 g/mol. The van der Waals surface area contributed by atoms with E-state index in [1.54, 1.807) is 4.68 Å². The summed E-state index contributed by atoms with van der Waals surface area (Å²) in [7, 11) is 3.93. The van der Waals surface area contributed by atoms with Gasteiger partial charge in [0.25, 0.3) is 0 Å². The quantitative estimate of drug-likeness (QED) is 0.788. The van der Waals surface area contributed by atoms with Crippen LogP contribution >= 0.6 is 34.5 Å². The highest BCUT2D eigenvalue weighted by molar-refractivity contribution is 7.13. The summed E-state index contributed by atoms with van der Waals surface area (Å²) in [6, 6.07) is 0. The number of rotatable bonds is 5. The first-order chi connectivity index (χ1) is 9.41. The molecular formula is C13H15Cl2N3OS. The topological polar surface area (TPSA) is 38.1 Å². The van der Waals surface area contributed by atoms with Crippen LogP contribution in [0, 0.1) is 6.92 Å². The zero-order valence-electron chi connectivity index (χ0n) is 11.5. The Balaban J connectivity index is 2.34. The first kappa shape index (κ1) is 15.5. The van der Waals surface area contributed by atoms with E-state index in [1.807, 2.05) is 31.3 Å². The molecule has 0 saturated carbocycles. The standard InChI is InChI=1S/C13H15Cl2N3OS/c1-8-7-20-13(10(8)15)12(19)11-9(14)6-16-18(11)5-4-17(2)3/h6-7H,4-5H2,1-3H3. The Bertz CT molecular complexity index is 634. The van der Waals surface area contributed by atoms with Crippen molar-refractivity contribution in [2.24, 2.45) is 0 Å². The van der Waals surface area contributed by atoms with Gasteiger partial charge in [-0.3, -0.25) is 9.48 Å². The molecule has 2 aromatic heterocycles. The largest absolute Gasteiger partial charge is 0.308 e. The number of carbonyl (C=O) groups excluding carboxylic acids is 1. The predicted molar refractivity (Wildman–Crippen MR) is 83.3 cm³/mol. The van der Waals surface area contributed by atoms with Gasteiger partial charge >= 0.3 is 0 Å². The number of hydrogen-bond acceptors (Lipinski definition) is 4. The van der Waals surface area contributed by atoms with Crippen LogP contribution < -0.4 is 0 Å². The molecule has 0 aliphatic rings. The Hall–Kier alpha value is -0.880. The molecule has 0 radical (unpaired) electrons. The fourth-order valence-electron chi connectivity index (χ4n) is 1.74. The van der Waals surface area contributed by atoms with Crippen molar-refractivity contribution < 1.29 is 4.79 Å². The van der Waals surface area contributed by atoms with E-state index >= 15 is 0 Å². The number of thiophene rings is 1. The van der Waals surface area contributed by atoms with Crippen LogP contribution in [0.3, 0.4) is 0 Å². The van der Waals surface area contributed by atoms with E-state index in [-0.39, 0.29) is 5.78 Å². The summed E-state index contributed by atoms with van der Waals surface area (Å²) in [5.41, 5.74) is 1.30. The van der Waals surface area contributed by atoms with Gasteiger partial charge in [0, 0.05) is 6.54 Å². The highest BCUT2D eigenvalue weighted by Crippen LogP contribution is 2.31. The number of hydrogen-bond donors (Lipinski definition) is 0. The minimum atomic E-state index is -0.172. The summed E-state index contributed by atoms with van der Waals surface area (Å²) < 4.78 is 1.63. The molecule has 0 unspecified atom stereocenters. The zero-order valence-corrected chi connectivity index (χ0v) is 13.8. The maximum atomic E-state index is 12.6. The van der Waals surface area contributed by atoms with Crippen LogP contribution in [0.4, 0.5) is 0 Å². The molecule has 2 heterocycles. The Morgan fingerprint density at radius 2 is 2.15 bits per heavy atom. The van der Waals surface area contributed by atoms with E-state index in [2.05, 4.69) is 5.10 Å². The molecule has 0 fully saturated rings. The lowest BCUT2D eigenvalue weighted by Crippen LogP contribution is -2.21. The Kier molecular flexibility index (Phi) is 4.86. The van der Waals surface area contributed by atoms with Crippen molar-refractivity contribution in [2.45, 2.75) is 13.5 Å². The lowest BCUT2D eigenvalue weighted by atomic mass is 10.2. The summed E-state index contributed by atoms with van der Waals surface area (Å²) >= 11 is 13.6. The van der Waals surface area contributed by atoms with Gasteiger partial charge in [-0.1, -0.05) is 23.2 Å². The van der Waals surface area contributed by atoms with Gasteiger partial charge in [0.15, 0.2) is 0 Å². The van der Waals surface area contributed by atoms with Crippen molar-refractivity contribution in [3.05, 3.63) is 37.8 Å². The smallest absolute Gasteiger partial charge is 0.223 e. The maximum absolute atomic E-state index is 12.6. The van der Waals surface area contributed by atoms with Gasteiger partial charge in [-0.25, -0.2) is 0 Å². The summed E-state index contributed by atoms with van der Waals surface area (Å²) in [4.78, 5) is 15.1. The molecule has 2 aromatic rings. The summed E-state index contributed by atoms with van der Waals surface area (Å²) in [6.07, 6.45) is 1.50. The van der Waals surface area contributed by atoms with Crippen LogP contribution in [-0.2, 0) is 6.54 Å². The van der Waals surface area contributed by atoms with Crippen molar-refractivity contribution in [3.8, 4) is 0 Å². The second kappa shape index (κ2) is 6.26. The highest BCUT2D eigenvalue weighted by Gasteiger charge is 2.23. The average molecular weight is 332 g/mol. The molecule has 0 amide bonds. The molecule has 2 rings (SSSR count). The average Bonchev–Trinajstić information content (AvgIpc) is 2.91. The third kappa shape index (κ3) is 3.06. The van der Waals surface area contributed by atoms with Crippen LogP contribution in [0.5, 0.6) is 0 Å². The molecule has 108 valence electrons. The van der Waals surface area contributed by atoms with Gasteiger partial charge in [0.1, 0.15) is 5.69 Å². The van der Waals surface area contributed by atoms with Gasteiger partial charge in [-0.2, -0.15) is 5.10 Å². The molecule has 7 heteroatoms. The van der Waals surface area contributed by atoms with E-state index in [0.717, 1.165) is 12.1 Å². The molecule has 0 aliphatic heterocycles. The maximum Gasteiger partial charge on any atom is 0.223 e. The third-order valence-electron chi connectivity index (χ3n) is 2.87. The van der Waals surface area contributed by atoms with Crippen molar-refractivity contribution >= 4 is 40.3 Å². The van der Waals surface area contributed by atoms with Crippen molar-refractivity contribution in [1.29, 1.82) is 0 Å². The second-order valence-corrected chi connectivity index (χ2v) is 6.42. The SMILES string of the molecule is Cc1csc(C(=O)c2c(Cl)cnn2CCN(C)C)c1Cl. The molecular weight excluding hydrogens is 317 g/mol. The summed E-state index contributed by atoms with van der Waals surface area (Å²) in [5.74, 6) is -0.172. The Morgan fingerprint density at radius 1 is 1.45 bits per heavy atom. The normalized spacial score (nSPS) is 11.3. The number of aryl methyl sites for hydroxylation is 1. The fourth-order valence-corrected chi connectivity index (χ4v) is 3.19. The van der Waals surface area contributed by atoms with E-state index in [4.69, 9.17) is 23.2 Å². The van der Waals surface area contributed by atoms with Gasteiger partial charge in [-0.15, -0.1) is 11.3 Å². The van der Waals surface area contributed by atoms with Gasteiger partial charge in [0.2, 0.25) is 5.78 Å². The van der Waals surface area contributed by atoms with E-state index in [1.165, 1.54) is 17.5 Å². The van der Waals surface area contributed by atoms with Crippen LogP contribution in [0.2, 0.25) is 10.0 Å². The predicted octanol–water partition coefficient (Wildman–Crippen LogP) is 3.35. The van der Waals surface area contributed by atoms with Gasteiger partial charge < -0.3 is 4.90 Å². The first-order valence-electron chi connectivity index (χ1n) is 6.06. The van der Waals surface area contributed by atoms with Gasteiger partial charge in [0.05, 0.1) is 27.7 Å². The van der Waals surface area contributed by atoms with Crippen molar-refractivity contribution in [1.82, 2.24) is 14.7 Å². The van der Waals surface area contributed by atoms with Crippen LogP contribution in [-0.4, -0.2) is 41.1 Å². The summed E-state index contributed by atoms with van der Waals surface area (Å²) in [6.45, 7) is 3.25. The molecule has 0 bridgehead atoms. The molecule has 0 saturated heterocycles. The minimum Gasteiger partial charge on any atom is -0.308 e. The van der Waals surface area contributed by atoms with Crippen LogP contribution in [0.25, 0.3) is 0 Å². The zero-order chi connectivity index (χ0) is 14.9. The molecule has 0 aliphatic carbocycles. The van der Waals surface area contributed by atoms with E-state index in [0.29, 0.717) is 27.2 Å². The number of nitrogens with zero attached hydrogens (tertiary/aromatic N) is 3. The molecule has 0 atom stereocenters. The lowest BCUT2D eigenvalue weighted by Gasteiger charge is -2.11. The van der Waals surface area contributed by atoms with Crippen LogP contribution in [0.15, 0.2) is 11.6 Å². The van der Waals surface area contributed by atoms with E-state index < -0.39 is 0 Å². The lowest BCUT2D eigenvalue weighted by molar-refractivity contribution is 0.103. The number of carbonyl (C=O) groups is 1. The van der Waals surface area contributed by atoms with Crippen LogP contribution in [0.1, 0.15) is 20.9 Å². The molecule has 20 heavy (non-hydrogen) atoms.